The molecule has 3 aromatic rings. The lowest BCUT2D eigenvalue weighted by molar-refractivity contribution is 0.385. The predicted octanol–water partition coefficient (Wildman–Crippen LogP) is 1.47. The molecule has 1 aliphatic rings. The quantitative estimate of drug-likeness (QED) is 0.779. The second kappa shape index (κ2) is 5.88. The molecule has 3 heterocycles. The second-order valence-electron chi connectivity index (χ2n) is 5.72. The number of nitrogens with one attached hydrogen (secondary N) is 1. The van der Waals surface area contributed by atoms with E-state index in [-0.39, 0.29) is 0 Å². The molecule has 0 amide bonds. The van der Waals surface area contributed by atoms with Gasteiger partial charge in [0.15, 0.2) is 0 Å². The lowest BCUT2D eigenvalue weighted by Crippen LogP contribution is -2.48. The van der Waals surface area contributed by atoms with Crippen LogP contribution in [0.3, 0.4) is 0 Å². The van der Waals surface area contributed by atoms with Crippen molar-refractivity contribution in [3.63, 3.8) is 0 Å². The molecule has 0 bridgehead atoms. The van der Waals surface area contributed by atoms with Crippen LogP contribution in [0, 0.1) is 0 Å². The third-order valence-corrected chi connectivity index (χ3v) is 6.21. The number of pyridine rings is 1. The van der Waals surface area contributed by atoms with Gasteiger partial charge in [-0.25, -0.2) is 8.42 Å². The number of rotatable bonds is 3. The van der Waals surface area contributed by atoms with E-state index in [0.717, 1.165) is 16.6 Å². The summed E-state index contributed by atoms with van der Waals surface area (Å²) in [5.74, 6) is 0. The fourth-order valence-corrected chi connectivity index (χ4v) is 4.43. The van der Waals surface area contributed by atoms with Crippen molar-refractivity contribution in [3.8, 4) is 0 Å². The van der Waals surface area contributed by atoms with E-state index in [0.29, 0.717) is 31.1 Å². The van der Waals surface area contributed by atoms with Crippen molar-refractivity contribution in [3.05, 3.63) is 48.9 Å². The Labute approximate surface area is 140 Å². The minimum atomic E-state index is -3.48. The fourth-order valence-electron chi connectivity index (χ4n) is 2.97. The number of benzene rings is 1. The average Bonchev–Trinajstić information content (AvgIpc) is 3.10. The van der Waals surface area contributed by atoms with Crippen LogP contribution in [-0.2, 0) is 10.0 Å². The zero-order valence-electron chi connectivity index (χ0n) is 13.0. The summed E-state index contributed by atoms with van der Waals surface area (Å²) in [6.45, 7) is 2.26. The summed E-state index contributed by atoms with van der Waals surface area (Å²) in [6.07, 6.45) is 5.13. The van der Waals surface area contributed by atoms with Gasteiger partial charge in [0.05, 0.1) is 16.6 Å². The van der Waals surface area contributed by atoms with E-state index in [1.165, 1.54) is 0 Å². The van der Waals surface area contributed by atoms with Crippen LogP contribution in [0.1, 0.15) is 0 Å². The molecule has 1 saturated heterocycles. The number of anilines is 1. The van der Waals surface area contributed by atoms with Gasteiger partial charge in [0.2, 0.25) is 10.0 Å². The Balaban J connectivity index is 1.53. The minimum absolute atomic E-state index is 0.314. The van der Waals surface area contributed by atoms with Crippen LogP contribution in [0.15, 0.2) is 53.8 Å². The van der Waals surface area contributed by atoms with Crippen molar-refractivity contribution in [1.82, 2.24) is 19.5 Å². The van der Waals surface area contributed by atoms with E-state index in [4.69, 9.17) is 0 Å². The zero-order valence-corrected chi connectivity index (χ0v) is 13.8. The lowest BCUT2D eigenvalue weighted by atomic mass is 10.3. The van der Waals surface area contributed by atoms with E-state index < -0.39 is 10.0 Å². The van der Waals surface area contributed by atoms with E-state index >= 15 is 0 Å². The predicted molar refractivity (Wildman–Crippen MR) is 91.3 cm³/mol. The highest BCUT2D eigenvalue weighted by Crippen LogP contribution is 2.23. The van der Waals surface area contributed by atoms with Crippen LogP contribution in [-0.4, -0.2) is 54.1 Å². The van der Waals surface area contributed by atoms with Gasteiger partial charge in [0, 0.05) is 49.6 Å². The number of aromatic nitrogens is 3. The molecule has 0 unspecified atom stereocenters. The Bertz CT molecular complexity index is 947. The first-order chi connectivity index (χ1) is 11.6. The van der Waals surface area contributed by atoms with Gasteiger partial charge in [-0.05, 0) is 30.3 Å². The normalized spacial score (nSPS) is 16.6. The Morgan fingerprint density at radius 3 is 2.50 bits per heavy atom. The Morgan fingerprint density at radius 2 is 1.75 bits per heavy atom. The number of hydrogen-bond donors (Lipinski definition) is 1. The van der Waals surface area contributed by atoms with Crippen LogP contribution in [0.5, 0.6) is 0 Å². The molecule has 7 nitrogen and oxygen atoms in total. The van der Waals surface area contributed by atoms with Gasteiger partial charge >= 0.3 is 0 Å². The fraction of sp³-hybridized carbons (Fsp3) is 0.250. The van der Waals surface area contributed by atoms with Gasteiger partial charge in [-0.3, -0.25) is 10.1 Å². The topological polar surface area (TPSA) is 82.2 Å². The van der Waals surface area contributed by atoms with Crippen LogP contribution in [0.2, 0.25) is 0 Å². The van der Waals surface area contributed by atoms with E-state index in [1.807, 2.05) is 12.1 Å². The third kappa shape index (κ3) is 2.63. The molecule has 0 spiro atoms. The standard InChI is InChI=1S/C16H17N5O2S/c22-24(23,15-1-2-16-13(11-15)12-18-19-16)21-9-7-20(8-10-21)14-3-5-17-6-4-14/h1-6,11-12H,7-10H2,(H,18,19). The average molecular weight is 343 g/mol. The molecule has 0 radical (unpaired) electrons. The Morgan fingerprint density at radius 1 is 1.00 bits per heavy atom. The van der Waals surface area contributed by atoms with Crippen LogP contribution in [0.4, 0.5) is 5.69 Å². The molecule has 0 saturated carbocycles. The van der Waals surface area contributed by atoms with Gasteiger partial charge in [0.25, 0.3) is 0 Å². The number of aromatic amines is 1. The molecule has 1 aromatic carbocycles. The summed E-state index contributed by atoms with van der Waals surface area (Å²) < 4.78 is 27.3. The maximum atomic E-state index is 12.9. The van der Waals surface area contributed by atoms with Gasteiger partial charge < -0.3 is 4.90 Å². The highest BCUT2D eigenvalue weighted by atomic mass is 32.2. The van der Waals surface area contributed by atoms with Gasteiger partial charge in [-0.1, -0.05) is 0 Å². The number of piperazine rings is 1. The monoisotopic (exact) mass is 343 g/mol. The summed E-state index contributed by atoms with van der Waals surface area (Å²) >= 11 is 0. The largest absolute Gasteiger partial charge is 0.369 e. The second-order valence-corrected chi connectivity index (χ2v) is 7.65. The smallest absolute Gasteiger partial charge is 0.243 e. The van der Waals surface area contributed by atoms with Crippen molar-refractivity contribution in [2.45, 2.75) is 4.90 Å². The maximum Gasteiger partial charge on any atom is 0.243 e. The van der Waals surface area contributed by atoms with E-state index in [2.05, 4.69) is 20.1 Å². The molecule has 24 heavy (non-hydrogen) atoms. The minimum Gasteiger partial charge on any atom is -0.369 e. The number of H-pyrrole nitrogens is 1. The van der Waals surface area contributed by atoms with Crippen LogP contribution >= 0.6 is 0 Å². The van der Waals surface area contributed by atoms with Gasteiger partial charge in [-0.2, -0.15) is 9.40 Å². The highest BCUT2D eigenvalue weighted by Gasteiger charge is 2.28. The summed E-state index contributed by atoms with van der Waals surface area (Å²) in [5.41, 5.74) is 1.90. The van der Waals surface area contributed by atoms with Crippen LogP contribution < -0.4 is 4.90 Å². The maximum absolute atomic E-state index is 12.9. The summed E-state index contributed by atoms with van der Waals surface area (Å²) in [7, 11) is -3.48. The third-order valence-electron chi connectivity index (χ3n) is 4.32. The molecular weight excluding hydrogens is 326 g/mol. The van der Waals surface area contributed by atoms with Crippen molar-refractivity contribution in [1.29, 1.82) is 0 Å². The molecular formula is C16H17N5O2S. The first kappa shape index (κ1) is 15.1. The SMILES string of the molecule is O=S(=O)(c1ccc2[nH]ncc2c1)N1CCN(c2ccncc2)CC1. The van der Waals surface area contributed by atoms with Crippen LogP contribution in [0.25, 0.3) is 10.9 Å². The molecule has 0 aliphatic carbocycles. The van der Waals surface area contributed by atoms with Crippen molar-refractivity contribution in [2.75, 3.05) is 31.1 Å². The molecule has 1 fully saturated rings. The summed E-state index contributed by atoms with van der Waals surface area (Å²) in [6, 6.07) is 8.94. The van der Waals surface area contributed by atoms with E-state index in [1.54, 1.807) is 41.1 Å². The number of sulfonamides is 1. The first-order valence-corrected chi connectivity index (χ1v) is 9.17. The molecule has 4 rings (SSSR count). The van der Waals surface area contributed by atoms with Crippen molar-refractivity contribution in [2.24, 2.45) is 0 Å². The van der Waals surface area contributed by atoms with Crippen molar-refractivity contribution < 1.29 is 8.42 Å². The van der Waals surface area contributed by atoms with E-state index in [9.17, 15) is 8.42 Å². The first-order valence-electron chi connectivity index (χ1n) is 7.73. The lowest BCUT2D eigenvalue weighted by Gasteiger charge is -2.35. The number of hydrogen-bond acceptors (Lipinski definition) is 5. The van der Waals surface area contributed by atoms with Gasteiger partial charge in [0.1, 0.15) is 0 Å². The van der Waals surface area contributed by atoms with Gasteiger partial charge in [-0.15, -0.1) is 0 Å². The summed E-state index contributed by atoms with van der Waals surface area (Å²) in [4.78, 5) is 6.50. The Hall–Kier alpha value is -2.45. The number of nitrogens with zero attached hydrogens (tertiary/aromatic N) is 4. The molecule has 0 atom stereocenters. The molecule has 8 heteroatoms. The number of fused-ring (bicyclic) bond motifs is 1. The highest BCUT2D eigenvalue weighted by molar-refractivity contribution is 7.89. The molecule has 124 valence electrons. The van der Waals surface area contributed by atoms with Crippen molar-refractivity contribution >= 4 is 26.6 Å². The Kier molecular flexibility index (Phi) is 3.70. The summed E-state index contributed by atoms with van der Waals surface area (Å²) in [5, 5.41) is 7.56. The molecule has 1 N–H and O–H groups in total. The molecule has 1 aliphatic heterocycles. The zero-order chi connectivity index (χ0) is 16.6. The molecule has 2 aromatic heterocycles.